The van der Waals surface area contributed by atoms with Crippen molar-refractivity contribution >= 4 is 17.3 Å². The molecular formula is C19H21N3O4. The van der Waals surface area contributed by atoms with Crippen molar-refractivity contribution in [2.75, 3.05) is 31.6 Å². The Labute approximate surface area is 151 Å². The smallest absolute Gasteiger partial charge is 0.269 e. The minimum Gasteiger partial charge on any atom is -0.379 e. The van der Waals surface area contributed by atoms with E-state index in [4.69, 9.17) is 4.74 Å². The molecule has 0 aliphatic carbocycles. The molecule has 0 radical (unpaired) electrons. The van der Waals surface area contributed by atoms with Crippen LogP contribution in [-0.4, -0.2) is 42.0 Å². The molecular weight excluding hydrogens is 334 g/mol. The molecule has 1 heterocycles. The molecule has 0 spiro atoms. The Morgan fingerprint density at radius 2 is 1.81 bits per heavy atom. The van der Waals surface area contributed by atoms with Crippen LogP contribution in [0.25, 0.3) is 0 Å². The number of aryl methyl sites for hydroxylation is 1. The largest absolute Gasteiger partial charge is 0.379 e. The van der Waals surface area contributed by atoms with E-state index in [0.29, 0.717) is 26.3 Å². The number of hydrogen-bond donors (Lipinski definition) is 1. The number of amides is 1. The first-order valence-corrected chi connectivity index (χ1v) is 8.49. The van der Waals surface area contributed by atoms with Crippen LogP contribution in [0, 0.1) is 17.0 Å². The van der Waals surface area contributed by atoms with E-state index in [2.05, 4.69) is 5.32 Å². The zero-order valence-corrected chi connectivity index (χ0v) is 14.6. The molecule has 2 aromatic rings. The normalized spacial score (nSPS) is 16.0. The number of carbonyl (C=O) groups is 1. The van der Waals surface area contributed by atoms with Gasteiger partial charge >= 0.3 is 0 Å². The van der Waals surface area contributed by atoms with Crippen LogP contribution in [0.2, 0.25) is 0 Å². The molecule has 1 atom stereocenters. The third kappa shape index (κ3) is 4.07. The number of para-hydroxylation sites is 1. The summed E-state index contributed by atoms with van der Waals surface area (Å²) in [6.45, 7) is 4.30. The van der Waals surface area contributed by atoms with Gasteiger partial charge in [0.25, 0.3) is 5.69 Å². The number of nitro groups is 1. The van der Waals surface area contributed by atoms with Crippen molar-refractivity contribution in [3.05, 3.63) is 69.8 Å². The Hall–Kier alpha value is -2.77. The minimum absolute atomic E-state index is 0.00814. The Morgan fingerprint density at radius 3 is 2.42 bits per heavy atom. The highest BCUT2D eigenvalue weighted by atomic mass is 16.6. The summed E-state index contributed by atoms with van der Waals surface area (Å²) in [4.78, 5) is 25.5. The molecule has 1 saturated heterocycles. The maximum atomic E-state index is 13.1. The summed E-state index contributed by atoms with van der Waals surface area (Å²) in [5.74, 6) is -0.157. The molecule has 26 heavy (non-hydrogen) atoms. The SMILES string of the molecule is Cc1ccccc1NC(=O)C(c1ccc([N+](=O)[O-])cc1)N1CCOCC1. The zero-order valence-electron chi connectivity index (χ0n) is 14.6. The van der Waals surface area contributed by atoms with Crippen LogP contribution >= 0.6 is 0 Å². The lowest BCUT2D eigenvalue weighted by molar-refractivity contribution is -0.384. The third-order valence-electron chi connectivity index (χ3n) is 4.48. The van der Waals surface area contributed by atoms with Gasteiger partial charge in [0, 0.05) is 30.9 Å². The number of hydrogen-bond acceptors (Lipinski definition) is 5. The molecule has 0 bridgehead atoms. The lowest BCUT2D eigenvalue weighted by Gasteiger charge is -2.33. The summed E-state index contributed by atoms with van der Waals surface area (Å²) in [5, 5.41) is 13.9. The first-order chi connectivity index (χ1) is 12.6. The van der Waals surface area contributed by atoms with Crippen molar-refractivity contribution in [2.24, 2.45) is 0 Å². The Morgan fingerprint density at radius 1 is 1.15 bits per heavy atom. The van der Waals surface area contributed by atoms with Gasteiger partial charge in [-0.05, 0) is 24.1 Å². The number of nitrogens with one attached hydrogen (secondary N) is 1. The van der Waals surface area contributed by atoms with E-state index in [-0.39, 0.29) is 11.6 Å². The molecule has 136 valence electrons. The quantitative estimate of drug-likeness (QED) is 0.658. The first-order valence-electron chi connectivity index (χ1n) is 8.49. The number of nitro benzene ring substituents is 1. The Kier molecular flexibility index (Phi) is 5.60. The topological polar surface area (TPSA) is 84.7 Å². The number of rotatable bonds is 5. The highest BCUT2D eigenvalue weighted by molar-refractivity contribution is 5.96. The van der Waals surface area contributed by atoms with E-state index in [1.54, 1.807) is 12.1 Å². The van der Waals surface area contributed by atoms with Gasteiger partial charge in [-0.1, -0.05) is 30.3 Å². The van der Waals surface area contributed by atoms with Gasteiger partial charge in [0.05, 0.1) is 18.1 Å². The van der Waals surface area contributed by atoms with Crippen molar-refractivity contribution in [2.45, 2.75) is 13.0 Å². The van der Waals surface area contributed by atoms with Gasteiger partial charge in [-0.3, -0.25) is 19.8 Å². The molecule has 2 aromatic carbocycles. The summed E-state index contributed by atoms with van der Waals surface area (Å²) < 4.78 is 5.39. The molecule has 0 saturated carbocycles. The number of nitrogens with zero attached hydrogens (tertiary/aromatic N) is 2. The van der Waals surface area contributed by atoms with Crippen LogP contribution in [0.15, 0.2) is 48.5 Å². The molecule has 0 aromatic heterocycles. The van der Waals surface area contributed by atoms with E-state index in [9.17, 15) is 14.9 Å². The Bertz CT molecular complexity index is 786. The lowest BCUT2D eigenvalue weighted by atomic mass is 10.0. The average Bonchev–Trinajstić information content (AvgIpc) is 2.65. The minimum atomic E-state index is -0.528. The first kappa shape index (κ1) is 18.0. The highest BCUT2D eigenvalue weighted by Gasteiger charge is 2.29. The number of benzene rings is 2. The number of carbonyl (C=O) groups excluding carboxylic acids is 1. The summed E-state index contributed by atoms with van der Waals surface area (Å²) in [7, 11) is 0. The molecule has 1 unspecified atom stereocenters. The van der Waals surface area contributed by atoms with Crippen molar-refractivity contribution in [3.8, 4) is 0 Å². The van der Waals surface area contributed by atoms with Gasteiger partial charge in [0.1, 0.15) is 6.04 Å². The molecule has 3 rings (SSSR count). The summed E-state index contributed by atoms with van der Waals surface area (Å²) in [5.41, 5.74) is 2.47. The van der Waals surface area contributed by atoms with Gasteiger partial charge in [-0.2, -0.15) is 0 Å². The molecule has 1 aliphatic rings. The van der Waals surface area contributed by atoms with Gasteiger partial charge in [0.15, 0.2) is 0 Å². The van der Waals surface area contributed by atoms with E-state index in [1.165, 1.54) is 12.1 Å². The van der Waals surface area contributed by atoms with Crippen LogP contribution in [0.1, 0.15) is 17.2 Å². The molecule has 1 amide bonds. The number of non-ortho nitro benzene ring substituents is 1. The fourth-order valence-electron chi connectivity index (χ4n) is 3.06. The van der Waals surface area contributed by atoms with Gasteiger partial charge in [-0.25, -0.2) is 0 Å². The van der Waals surface area contributed by atoms with Gasteiger partial charge in [0.2, 0.25) is 5.91 Å². The van der Waals surface area contributed by atoms with E-state index >= 15 is 0 Å². The van der Waals surface area contributed by atoms with E-state index in [0.717, 1.165) is 16.8 Å². The van der Waals surface area contributed by atoms with Crippen LogP contribution < -0.4 is 5.32 Å². The number of anilines is 1. The van der Waals surface area contributed by atoms with Crippen molar-refractivity contribution in [3.63, 3.8) is 0 Å². The van der Waals surface area contributed by atoms with E-state index in [1.807, 2.05) is 36.1 Å². The summed E-state index contributed by atoms with van der Waals surface area (Å²) in [6, 6.07) is 13.2. The fourth-order valence-corrected chi connectivity index (χ4v) is 3.06. The van der Waals surface area contributed by atoms with Gasteiger partial charge in [-0.15, -0.1) is 0 Å². The summed E-state index contributed by atoms with van der Waals surface area (Å²) in [6.07, 6.45) is 0. The standard InChI is InChI=1S/C19H21N3O4/c1-14-4-2-3-5-17(14)20-19(23)18(21-10-12-26-13-11-21)15-6-8-16(9-7-15)22(24)25/h2-9,18H,10-13H2,1H3,(H,20,23). The average molecular weight is 355 g/mol. The fraction of sp³-hybridized carbons (Fsp3) is 0.316. The van der Waals surface area contributed by atoms with Crippen molar-refractivity contribution in [1.82, 2.24) is 4.90 Å². The molecule has 1 N–H and O–H groups in total. The maximum Gasteiger partial charge on any atom is 0.269 e. The summed E-state index contributed by atoms with van der Waals surface area (Å²) >= 11 is 0. The zero-order chi connectivity index (χ0) is 18.5. The monoisotopic (exact) mass is 355 g/mol. The lowest BCUT2D eigenvalue weighted by Crippen LogP contribution is -2.44. The maximum absolute atomic E-state index is 13.1. The number of morpholine rings is 1. The predicted molar refractivity (Wildman–Crippen MR) is 98.0 cm³/mol. The predicted octanol–water partition coefficient (Wildman–Crippen LogP) is 2.92. The van der Waals surface area contributed by atoms with Crippen LogP contribution in [-0.2, 0) is 9.53 Å². The Balaban J connectivity index is 1.88. The third-order valence-corrected chi connectivity index (χ3v) is 4.48. The van der Waals surface area contributed by atoms with E-state index < -0.39 is 11.0 Å². The molecule has 1 aliphatic heterocycles. The van der Waals surface area contributed by atoms with Crippen LogP contribution in [0.4, 0.5) is 11.4 Å². The van der Waals surface area contributed by atoms with Crippen LogP contribution in [0.5, 0.6) is 0 Å². The molecule has 7 nitrogen and oxygen atoms in total. The molecule has 1 fully saturated rings. The van der Waals surface area contributed by atoms with Crippen molar-refractivity contribution < 1.29 is 14.5 Å². The number of ether oxygens (including phenoxy) is 1. The second-order valence-electron chi connectivity index (χ2n) is 6.20. The molecule has 7 heteroatoms. The second-order valence-corrected chi connectivity index (χ2v) is 6.20. The highest BCUT2D eigenvalue weighted by Crippen LogP contribution is 2.26. The van der Waals surface area contributed by atoms with Crippen molar-refractivity contribution in [1.29, 1.82) is 0 Å². The van der Waals surface area contributed by atoms with Gasteiger partial charge < -0.3 is 10.1 Å². The second kappa shape index (κ2) is 8.07. The van der Waals surface area contributed by atoms with Crippen LogP contribution in [0.3, 0.4) is 0 Å².